The molecule has 18 heteroatoms. The van der Waals surface area contributed by atoms with E-state index in [0.717, 1.165) is 20.8 Å². The van der Waals surface area contributed by atoms with Gasteiger partial charge < -0.3 is 43.6 Å². The van der Waals surface area contributed by atoms with Gasteiger partial charge >= 0.3 is 35.3 Å². The highest BCUT2D eigenvalue weighted by molar-refractivity contribution is 6.61. The smallest absolute Gasteiger partial charge is 0.404 e. The van der Waals surface area contributed by atoms with Crippen molar-refractivity contribution < 1.29 is 76.6 Å². The van der Waals surface area contributed by atoms with Crippen molar-refractivity contribution >= 4 is 58.6 Å². The van der Waals surface area contributed by atoms with Crippen molar-refractivity contribution in [2.75, 3.05) is 6.61 Å². The molecule has 0 spiro atoms. The first-order valence-electron chi connectivity index (χ1n) is 21.9. The lowest BCUT2D eigenvalue weighted by Crippen LogP contribution is -2.82. The molecule has 2 N–H and O–H groups in total. The van der Waals surface area contributed by atoms with E-state index in [9.17, 15) is 38.7 Å². The maximum atomic E-state index is 15.9. The van der Waals surface area contributed by atoms with E-state index in [1.165, 1.54) is 39.8 Å². The first-order valence-corrected chi connectivity index (χ1v) is 22.3. The van der Waals surface area contributed by atoms with Crippen LogP contribution in [0.4, 0.5) is 4.79 Å². The van der Waals surface area contributed by atoms with Crippen LogP contribution in [0, 0.1) is 16.7 Å². The van der Waals surface area contributed by atoms with E-state index >= 15 is 4.79 Å². The van der Waals surface area contributed by atoms with Crippen LogP contribution < -0.4 is 5.32 Å². The second-order valence-corrected chi connectivity index (χ2v) is 18.6. The van der Waals surface area contributed by atoms with Crippen LogP contribution in [0.25, 0.3) is 0 Å². The number of benzene rings is 3. The summed E-state index contributed by atoms with van der Waals surface area (Å²) in [4.78, 5) is 111. The normalized spacial score (nSPS) is 29.9. The highest BCUT2D eigenvalue weighted by Crippen LogP contribution is 2.65. The third kappa shape index (κ3) is 8.78. The highest BCUT2D eigenvalue weighted by Gasteiger charge is 2.79. The monoisotopic (exact) mass is 957 g/mol. The van der Waals surface area contributed by atoms with E-state index in [2.05, 4.69) is 5.32 Å². The van der Waals surface area contributed by atoms with Crippen molar-refractivity contribution in [3.8, 4) is 0 Å². The quantitative estimate of drug-likeness (QED) is 0.0961. The predicted octanol–water partition coefficient (Wildman–Crippen LogP) is 5.69. The topological polar surface area (TPSA) is 233 Å². The molecule has 4 aliphatic rings. The average molecular weight is 958 g/mol. The fourth-order valence-corrected chi connectivity index (χ4v) is 10.8. The molecule has 11 atom stereocenters. The molecular formula is C50H52ClNO16. The molecule has 68 heavy (non-hydrogen) atoms. The predicted molar refractivity (Wildman–Crippen MR) is 237 cm³/mol. The number of rotatable bonds is 12. The molecule has 7 rings (SSSR count). The number of aliphatic hydroxyl groups is 1. The minimum Gasteiger partial charge on any atom is -0.455 e. The van der Waals surface area contributed by atoms with E-state index in [4.69, 9.17) is 44.8 Å². The van der Waals surface area contributed by atoms with Gasteiger partial charge in [-0.05, 0) is 54.8 Å². The van der Waals surface area contributed by atoms with Gasteiger partial charge in [0.05, 0.1) is 23.5 Å². The fourth-order valence-electron chi connectivity index (χ4n) is 10.7. The molecule has 17 nitrogen and oxygen atoms in total. The van der Waals surface area contributed by atoms with Gasteiger partial charge in [-0.25, -0.2) is 14.4 Å². The zero-order valence-electron chi connectivity index (χ0n) is 38.3. The SMILES string of the molecule is CC(=O)O[C@H]1C(=O)[C@]2(C)[C@@H](OC(=O)Cl)C[C@H]3OC[C@@]3(OC(C)=O)[C@H]2[C@H](OC(=O)c2ccccc2)[C@]2(O)C[C@H](OC(=O)[C@H](OC(C)=O)[C@@H](NC(=O)c3ccccc3)c3ccccc3)C(C)=C1C2(C)C. The van der Waals surface area contributed by atoms with Crippen molar-refractivity contribution in [3.05, 3.63) is 119 Å². The Morgan fingerprint density at radius 2 is 1.37 bits per heavy atom. The molecule has 0 unspecified atom stereocenters. The number of hydrogen-bond acceptors (Lipinski definition) is 16. The minimum absolute atomic E-state index is 0.0173. The van der Waals surface area contributed by atoms with Crippen LogP contribution >= 0.6 is 11.6 Å². The van der Waals surface area contributed by atoms with Crippen LogP contribution in [0.1, 0.15) is 93.6 Å². The zero-order valence-corrected chi connectivity index (χ0v) is 39.1. The van der Waals surface area contributed by atoms with Gasteiger partial charge in [-0.2, -0.15) is 0 Å². The Morgan fingerprint density at radius 3 is 1.90 bits per heavy atom. The van der Waals surface area contributed by atoms with Gasteiger partial charge in [-0.1, -0.05) is 80.6 Å². The average Bonchev–Trinajstić information content (AvgIpc) is 3.28. The number of hydrogen-bond donors (Lipinski definition) is 2. The van der Waals surface area contributed by atoms with E-state index in [0.29, 0.717) is 5.56 Å². The molecule has 0 radical (unpaired) electrons. The van der Waals surface area contributed by atoms with Crippen molar-refractivity contribution in [1.29, 1.82) is 0 Å². The molecule has 1 amide bonds. The second kappa shape index (κ2) is 18.9. The summed E-state index contributed by atoms with van der Waals surface area (Å²) in [6.07, 6.45) is -10.9. The van der Waals surface area contributed by atoms with Gasteiger partial charge in [0.15, 0.2) is 17.5 Å². The van der Waals surface area contributed by atoms with Crippen molar-refractivity contribution in [1.82, 2.24) is 5.32 Å². The number of carbonyl (C=O) groups is 8. The van der Waals surface area contributed by atoms with E-state index < -0.39 is 124 Å². The molecule has 0 aromatic heterocycles. The Bertz CT molecular complexity index is 2530. The number of Topliss-reactive ketones (excluding diaryl/α,β-unsaturated/α-hetero) is 1. The highest BCUT2D eigenvalue weighted by atomic mass is 35.5. The molecule has 2 bridgehead atoms. The number of esters is 5. The lowest BCUT2D eigenvalue weighted by atomic mass is 9.44. The Hall–Kier alpha value is -6.43. The third-order valence-electron chi connectivity index (χ3n) is 14.0. The maximum absolute atomic E-state index is 15.9. The first kappa shape index (κ1) is 49.5. The number of nitrogens with one attached hydrogen (secondary N) is 1. The van der Waals surface area contributed by atoms with Crippen LogP contribution in [0.5, 0.6) is 0 Å². The molecule has 1 aliphatic heterocycles. The van der Waals surface area contributed by atoms with Gasteiger partial charge in [0, 0.05) is 56.2 Å². The molecule has 3 fully saturated rings. The lowest BCUT2D eigenvalue weighted by Gasteiger charge is -2.67. The molecule has 1 heterocycles. The lowest BCUT2D eigenvalue weighted by molar-refractivity contribution is -0.345. The van der Waals surface area contributed by atoms with Gasteiger partial charge in [-0.3, -0.25) is 24.0 Å². The van der Waals surface area contributed by atoms with Crippen molar-refractivity contribution in [2.24, 2.45) is 16.7 Å². The molecular weight excluding hydrogens is 906 g/mol. The number of ether oxygens (including phenoxy) is 7. The van der Waals surface area contributed by atoms with E-state index in [1.54, 1.807) is 78.9 Å². The summed E-state index contributed by atoms with van der Waals surface area (Å²) in [6.45, 7) is 8.75. The van der Waals surface area contributed by atoms with Crippen LogP contribution in [0.15, 0.2) is 102 Å². The molecule has 2 saturated carbocycles. The molecule has 360 valence electrons. The number of carbonyl (C=O) groups excluding carboxylic acids is 8. The summed E-state index contributed by atoms with van der Waals surface area (Å²) in [5.74, 6) is -8.14. The fraction of sp³-hybridized carbons (Fsp3) is 0.440. The summed E-state index contributed by atoms with van der Waals surface area (Å²) < 4.78 is 42.1. The van der Waals surface area contributed by atoms with Crippen LogP contribution in [0.2, 0.25) is 0 Å². The summed E-state index contributed by atoms with van der Waals surface area (Å²) in [7, 11) is 0. The Morgan fingerprint density at radius 1 is 0.779 bits per heavy atom. The number of fused-ring (bicyclic) bond motifs is 5. The van der Waals surface area contributed by atoms with Gasteiger partial charge in [-0.15, -0.1) is 0 Å². The standard InChI is InChI=1S/C50H52ClNO16/c1-26-33(65-45(59)39(64-28(3)54)37(30-17-11-8-12-18-30)52-43(57)31-19-13-9-14-20-31)24-50(61)42(67-44(58)32-21-15-10-16-22-32)40-48(7,41(56)38(63-27(2)53)36(26)47(50,5)6)34(66-46(51)60)23-35-49(40,25-62-35)68-29(4)55/h8-22,33-35,37-40,42,61H,23-25H2,1-7H3,(H,52,57)/t33-,34-,35+,37-,38+,39+,40-,42-,48+,49-,50+/m0/s1. The van der Waals surface area contributed by atoms with E-state index in [-0.39, 0.29) is 35.3 Å². The number of ketones is 1. The van der Waals surface area contributed by atoms with Gasteiger partial charge in [0.25, 0.3) is 5.91 Å². The van der Waals surface area contributed by atoms with Crippen LogP contribution in [-0.4, -0.2) is 107 Å². The Kier molecular flexibility index (Phi) is 13.8. The molecule has 3 aromatic rings. The molecule has 3 aromatic carbocycles. The second-order valence-electron chi connectivity index (χ2n) is 18.3. The minimum atomic E-state index is -2.50. The summed E-state index contributed by atoms with van der Waals surface area (Å²) in [5.41, 5.74) is -9.02. The Balaban J connectivity index is 1.45. The number of halogens is 1. The van der Waals surface area contributed by atoms with Crippen molar-refractivity contribution in [3.63, 3.8) is 0 Å². The largest absolute Gasteiger partial charge is 0.455 e. The van der Waals surface area contributed by atoms with E-state index in [1.807, 2.05) is 0 Å². The van der Waals surface area contributed by atoms with Gasteiger partial charge in [0.1, 0.15) is 36.1 Å². The third-order valence-corrected chi connectivity index (χ3v) is 14.0. The number of amides is 1. The first-order chi connectivity index (χ1) is 32.1. The summed E-state index contributed by atoms with van der Waals surface area (Å²) >= 11 is 5.87. The molecule has 1 saturated heterocycles. The maximum Gasteiger partial charge on any atom is 0.404 e. The summed E-state index contributed by atoms with van der Waals surface area (Å²) in [5, 5.41) is 16.7. The van der Waals surface area contributed by atoms with Gasteiger partial charge in [0.2, 0.25) is 6.10 Å². The van der Waals surface area contributed by atoms with Crippen LogP contribution in [-0.2, 0) is 57.1 Å². The summed E-state index contributed by atoms with van der Waals surface area (Å²) in [6, 6.07) is 22.6. The van der Waals surface area contributed by atoms with Crippen molar-refractivity contribution in [2.45, 2.75) is 115 Å². The van der Waals surface area contributed by atoms with Crippen LogP contribution in [0.3, 0.4) is 0 Å². The Labute approximate surface area is 396 Å². The zero-order chi connectivity index (χ0) is 49.5. The molecule has 3 aliphatic carbocycles.